The summed E-state index contributed by atoms with van der Waals surface area (Å²) in [5.41, 5.74) is 0.839. The van der Waals surface area contributed by atoms with E-state index in [1.54, 1.807) is 12.1 Å². The van der Waals surface area contributed by atoms with Crippen LogP contribution in [0.25, 0.3) is 11.1 Å². The average Bonchev–Trinajstić information content (AvgIpc) is 2.49. The molecule has 2 aromatic rings. The van der Waals surface area contributed by atoms with Gasteiger partial charge >= 0.3 is 0 Å². The first-order valence-corrected chi connectivity index (χ1v) is 4.93. The van der Waals surface area contributed by atoms with E-state index in [2.05, 4.69) is 27.6 Å². The van der Waals surface area contributed by atoms with E-state index in [-0.39, 0.29) is 11.4 Å². The highest BCUT2D eigenvalue weighted by molar-refractivity contribution is 14.1. The van der Waals surface area contributed by atoms with Gasteiger partial charge in [-0.2, -0.15) is 0 Å². The predicted molar refractivity (Wildman–Crippen MR) is 51.7 cm³/mol. The summed E-state index contributed by atoms with van der Waals surface area (Å²) in [5.74, 6) is 0.215. The zero-order valence-electron chi connectivity index (χ0n) is 6.05. The average molecular weight is 277 g/mol. The SMILES string of the molecule is Fc1cccc2nc(CI)oc12. The molecule has 1 aromatic heterocycles. The Morgan fingerprint density at radius 2 is 2.33 bits per heavy atom. The molecule has 0 radical (unpaired) electrons. The van der Waals surface area contributed by atoms with Crippen LogP contribution in [0.15, 0.2) is 22.6 Å². The summed E-state index contributed by atoms with van der Waals surface area (Å²) in [4.78, 5) is 4.08. The molecule has 4 heteroatoms. The molecular formula is C8H5FINO. The van der Waals surface area contributed by atoms with E-state index in [0.29, 0.717) is 15.8 Å². The second kappa shape index (κ2) is 3.01. The van der Waals surface area contributed by atoms with Crippen molar-refractivity contribution < 1.29 is 8.81 Å². The Bertz CT molecular complexity index is 412. The molecule has 2 rings (SSSR count). The third-order valence-electron chi connectivity index (χ3n) is 1.53. The fourth-order valence-corrected chi connectivity index (χ4v) is 1.34. The number of para-hydroxylation sites is 1. The van der Waals surface area contributed by atoms with Crippen molar-refractivity contribution in [1.82, 2.24) is 4.98 Å². The van der Waals surface area contributed by atoms with Crippen molar-refractivity contribution in [2.45, 2.75) is 4.43 Å². The molecule has 1 aromatic carbocycles. The van der Waals surface area contributed by atoms with Crippen LogP contribution in [0.5, 0.6) is 0 Å². The molecule has 0 amide bonds. The number of hydrogen-bond acceptors (Lipinski definition) is 2. The number of aromatic nitrogens is 1. The van der Waals surface area contributed by atoms with Gasteiger partial charge in [0, 0.05) is 0 Å². The molecule has 2 nitrogen and oxygen atoms in total. The molecule has 0 atom stereocenters. The smallest absolute Gasteiger partial charge is 0.205 e. The van der Waals surface area contributed by atoms with Gasteiger partial charge in [-0.3, -0.25) is 0 Å². The molecule has 0 saturated heterocycles. The van der Waals surface area contributed by atoms with Crippen LogP contribution in [-0.2, 0) is 4.43 Å². The van der Waals surface area contributed by atoms with Gasteiger partial charge in [-0.05, 0) is 12.1 Å². The molecule has 0 bridgehead atoms. The summed E-state index contributed by atoms with van der Waals surface area (Å²) in [6.07, 6.45) is 0. The van der Waals surface area contributed by atoms with Crippen LogP contribution in [0.2, 0.25) is 0 Å². The first kappa shape index (κ1) is 7.97. The van der Waals surface area contributed by atoms with Crippen LogP contribution in [0.1, 0.15) is 5.89 Å². The number of rotatable bonds is 1. The lowest BCUT2D eigenvalue weighted by atomic mass is 10.3. The number of hydrogen-bond donors (Lipinski definition) is 0. The maximum Gasteiger partial charge on any atom is 0.205 e. The van der Waals surface area contributed by atoms with Crippen molar-refractivity contribution >= 4 is 33.7 Å². The highest BCUT2D eigenvalue weighted by atomic mass is 127. The molecule has 0 aliphatic rings. The second-order valence-corrected chi connectivity index (χ2v) is 3.09. The lowest BCUT2D eigenvalue weighted by molar-refractivity contribution is 0.527. The Labute approximate surface area is 81.9 Å². The van der Waals surface area contributed by atoms with Gasteiger partial charge in [-0.25, -0.2) is 9.37 Å². The van der Waals surface area contributed by atoms with Crippen molar-refractivity contribution in [1.29, 1.82) is 0 Å². The first-order valence-electron chi connectivity index (χ1n) is 3.41. The molecule has 1 heterocycles. The fourth-order valence-electron chi connectivity index (χ4n) is 1.02. The summed E-state index contributed by atoms with van der Waals surface area (Å²) < 4.78 is 18.8. The Morgan fingerprint density at radius 1 is 1.50 bits per heavy atom. The number of oxazole rings is 1. The lowest BCUT2D eigenvalue weighted by Gasteiger charge is -1.85. The number of nitrogens with zero attached hydrogens (tertiary/aromatic N) is 1. The Hall–Kier alpha value is -0.650. The van der Waals surface area contributed by atoms with Crippen molar-refractivity contribution in [2.24, 2.45) is 0 Å². The Balaban J connectivity index is 2.74. The zero-order chi connectivity index (χ0) is 8.55. The molecule has 62 valence electrons. The van der Waals surface area contributed by atoms with Gasteiger partial charge < -0.3 is 4.42 Å². The summed E-state index contributed by atoms with van der Waals surface area (Å²) in [6, 6.07) is 4.72. The maximum atomic E-state index is 13.0. The van der Waals surface area contributed by atoms with Gasteiger partial charge in [0.05, 0.1) is 4.43 Å². The molecule has 0 saturated carbocycles. The van der Waals surface area contributed by atoms with Crippen LogP contribution < -0.4 is 0 Å². The highest BCUT2D eigenvalue weighted by Gasteiger charge is 2.07. The zero-order valence-corrected chi connectivity index (χ0v) is 8.21. The molecule has 0 aliphatic heterocycles. The predicted octanol–water partition coefficient (Wildman–Crippen LogP) is 2.90. The summed E-state index contributed by atoms with van der Waals surface area (Å²) >= 11 is 2.12. The molecular weight excluding hydrogens is 272 g/mol. The number of fused-ring (bicyclic) bond motifs is 1. The largest absolute Gasteiger partial charge is 0.437 e. The first-order chi connectivity index (χ1) is 5.81. The second-order valence-electron chi connectivity index (χ2n) is 2.33. The molecule has 12 heavy (non-hydrogen) atoms. The Kier molecular flexibility index (Phi) is 2.00. The van der Waals surface area contributed by atoms with Gasteiger partial charge in [-0.15, -0.1) is 0 Å². The van der Waals surface area contributed by atoms with Gasteiger partial charge in [0.1, 0.15) is 5.52 Å². The van der Waals surface area contributed by atoms with Crippen molar-refractivity contribution in [2.75, 3.05) is 0 Å². The number of benzene rings is 1. The van der Waals surface area contributed by atoms with E-state index in [4.69, 9.17) is 4.42 Å². The van der Waals surface area contributed by atoms with Crippen LogP contribution in [0, 0.1) is 5.82 Å². The molecule has 0 N–H and O–H groups in total. The summed E-state index contributed by atoms with van der Waals surface area (Å²) in [5, 5.41) is 0. The standard InChI is InChI=1S/C8H5FINO/c9-5-2-1-3-6-8(5)12-7(4-10)11-6/h1-3H,4H2. The van der Waals surface area contributed by atoms with E-state index >= 15 is 0 Å². The van der Waals surface area contributed by atoms with Gasteiger partial charge in [0.25, 0.3) is 0 Å². The minimum atomic E-state index is -0.351. The lowest BCUT2D eigenvalue weighted by Crippen LogP contribution is -1.73. The van der Waals surface area contributed by atoms with Crippen LogP contribution in [0.4, 0.5) is 4.39 Å². The molecule has 0 unspecified atom stereocenters. The highest BCUT2D eigenvalue weighted by Crippen LogP contribution is 2.19. The van der Waals surface area contributed by atoms with E-state index in [1.165, 1.54) is 6.07 Å². The van der Waals surface area contributed by atoms with Crippen molar-refractivity contribution in [3.8, 4) is 0 Å². The number of alkyl halides is 1. The molecule has 0 aliphatic carbocycles. The third kappa shape index (κ3) is 1.20. The van der Waals surface area contributed by atoms with Gasteiger partial charge in [0.15, 0.2) is 11.4 Å². The third-order valence-corrected chi connectivity index (χ3v) is 2.18. The monoisotopic (exact) mass is 277 g/mol. The summed E-state index contributed by atoms with van der Waals surface area (Å²) in [7, 11) is 0. The minimum Gasteiger partial charge on any atom is -0.437 e. The van der Waals surface area contributed by atoms with Crippen LogP contribution >= 0.6 is 22.6 Å². The topological polar surface area (TPSA) is 26.0 Å². The number of halogens is 2. The normalized spacial score (nSPS) is 10.8. The van der Waals surface area contributed by atoms with E-state index < -0.39 is 0 Å². The van der Waals surface area contributed by atoms with Crippen molar-refractivity contribution in [3.63, 3.8) is 0 Å². The van der Waals surface area contributed by atoms with E-state index in [1.807, 2.05) is 0 Å². The van der Waals surface area contributed by atoms with Gasteiger partial charge in [-0.1, -0.05) is 28.7 Å². The minimum absolute atomic E-state index is 0.254. The van der Waals surface area contributed by atoms with Crippen molar-refractivity contribution in [3.05, 3.63) is 29.9 Å². The molecule has 0 fully saturated rings. The van der Waals surface area contributed by atoms with Gasteiger partial charge in [0.2, 0.25) is 5.89 Å². The Morgan fingerprint density at radius 3 is 3.00 bits per heavy atom. The van der Waals surface area contributed by atoms with E-state index in [9.17, 15) is 4.39 Å². The van der Waals surface area contributed by atoms with Crippen LogP contribution in [-0.4, -0.2) is 4.98 Å². The molecule has 0 spiro atoms. The fraction of sp³-hybridized carbons (Fsp3) is 0.125. The van der Waals surface area contributed by atoms with E-state index in [0.717, 1.165) is 0 Å². The summed E-state index contributed by atoms with van der Waals surface area (Å²) in [6.45, 7) is 0. The maximum absolute atomic E-state index is 13.0. The quantitative estimate of drug-likeness (QED) is 0.591. The van der Waals surface area contributed by atoms with Crippen LogP contribution in [0.3, 0.4) is 0 Å².